The van der Waals surface area contributed by atoms with Gasteiger partial charge in [0.15, 0.2) is 0 Å². The Labute approximate surface area is 111 Å². The molecule has 0 amide bonds. The molecule has 2 heteroatoms. The second-order valence-electron chi connectivity index (χ2n) is 5.57. The Kier molecular flexibility index (Phi) is 5.22. The van der Waals surface area contributed by atoms with Crippen LogP contribution in [0.3, 0.4) is 0 Å². The van der Waals surface area contributed by atoms with Gasteiger partial charge in [0, 0.05) is 0 Å². The number of benzene rings is 1. The molecule has 0 N–H and O–H groups in total. The summed E-state index contributed by atoms with van der Waals surface area (Å²) >= 11 is 0. The van der Waals surface area contributed by atoms with E-state index in [9.17, 15) is 0 Å². The first-order chi connectivity index (χ1) is 8.44. The molecular formula is C16H23NO. The highest BCUT2D eigenvalue weighted by Gasteiger charge is 2.15. The van der Waals surface area contributed by atoms with Gasteiger partial charge in [-0.3, -0.25) is 0 Å². The van der Waals surface area contributed by atoms with E-state index in [4.69, 9.17) is 10.00 Å². The topological polar surface area (TPSA) is 33.0 Å². The van der Waals surface area contributed by atoms with E-state index >= 15 is 0 Å². The van der Waals surface area contributed by atoms with Crippen LogP contribution in [0.2, 0.25) is 0 Å². The summed E-state index contributed by atoms with van der Waals surface area (Å²) in [4.78, 5) is 0. The maximum atomic E-state index is 8.91. The minimum atomic E-state index is -0.209. The molecule has 18 heavy (non-hydrogen) atoms. The van der Waals surface area contributed by atoms with E-state index in [1.807, 2.05) is 13.8 Å². The van der Waals surface area contributed by atoms with Crippen LogP contribution >= 0.6 is 0 Å². The summed E-state index contributed by atoms with van der Waals surface area (Å²) in [6.45, 7) is 8.83. The largest absolute Gasteiger partial charge is 0.493 e. The second-order valence-corrected chi connectivity index (χ2v) is 5.57. The van der Waals surface area contributed by atoms with Crippen LogP contribution in [0, 0.1) is 30.6 Å². The number of unbranched alkanes of at least 4 members (excludes halogenated alkanes) is 1. The Hall–Kier alpha value is -1.49. The summed E-state index contributed by atoms with van der Waals surface area (Å²) in [5.41, 5.74) is 2.19. The predicted molar refractivity (Wildman–Crippen MR) is 74.7 cm³/mol. The first kappa shape index (κ1) is 14.6. The maximum Gasteiger partial charge on any atom is 0.122 e. The van der Waals surface area contributed by atoms with E-state index in [1.54, 1.807) is 0 Å². The zero-order chi connectivity index (χ0) is 13.6. The highest BCUT2D eigenvalue weighted by Crippen LogP contribution is 2.22. The SMILES string of the molecule is Cc1ccc(C)c(OCCCCC(C)(C)C#N)c1. The molecule has 1 aromatic rings. The van der Waals surface area contributed by atoms with Gasteiger partial charge in [-0.25, -0.2) is 0 Å². The smallest absolute Gasteiger partial charge is 0.122 e. The Morgan fingerprint density at radius 1 is 1.22 bits per heavy atom. The summed E-state index contributed by atoms with van der Waals surface area (Å²) < 4.78 is 5.78. The number of nitrogens with zero attached hydrogens (tertiary/aromatic N) is 1. The number of nitriles is 1. The van der Waals surface area contributed by atoms with E-state index in [-0.39, 0.29) is 5.41 Å². The number of ether oxygens (including phenoxy) is 1. The average molecular weight is 245 g/mol. The van der Waals surface area contributed by atoms with E-state index in [1.165, 1.54) is 11.1 Å². The van der Waals surface area contributed by atoms with Gasteiger partial charge < -0.3 is 4.74 Å². The van der Waals surface area contributed by atoms with Crippen LogP contribution in [-0.4, -0.2) is 6.61 Å². The summed E-state index contributed by atoms with van der Waals surface area (Å²) in [6, 6.07) is 8.59. The van der Waals surface area contributed by atoms with Crippen molar-refractivity contribution < 1.29 is 4.74 Å². The van der Waals surface area contributed by atoms with Gasteiger partial charge in [-0.2, -0.15) is 5.26 Å². The van der Waals surface area contributed by atoms with Gasteiger partial charge in [0.25, 0.3) is 0 Å². The summed E-state index contributed by atoms with van der Waals surface area (Å²) in [7, 11) is 0. The Balaban J connectivity index is 2.30. The molecule has 0 saturated carbocycles. The van der Waals surface area contributed by atoms with Crippen LogP contribution in [0.4, 0.5) is 0 Å². The molecule has 1 rings (SSSR count). The maximum absolute atomic E-state index is 8.91. The van der Waals surface area contributed by atoms with Crippen molar-refractivity contribution in [3.63, 3.8) is 0 Å². The molecule has 0 radical (unpaired) electrons. The van der Waals surface area contributed by atoms with Crippen molar-refractivity contribution in [3.05, 3.63) is 29.3 Å². The fourth-order valence-electron chi connectivity index (χ4n) is 1.77. The van der Waals surface area contributed by atoms with E-state index in [2.05, 4.69) is 38.1 Å². The molecule has 0 aliphatic rings. The number of rotatable bonds is 6. The van der Waals surface area contributed by atoms with Gasteiger partial charge in [0.2, 0.25) is 0 Å². The molecule has 2 nitrogen and oxygen atoms in total. The first-order valence-electron chi connectivity index (χ1n) is 6.56. The monoisotopic (exact) mass is 245 g/mol. The number of hydrogen-bond donors (Lipinski definition) is 0. The summed E-state index contributed by atoms with van der Waals surface area (Å²) in [6.07, 6.45) is 2.96. The fourth-order valence-corrected chi connectivity index (χ4v) is 1.77. The number of hydrogen-bond acceptors (Lipinski definition) is 2. The lowest BCUT2D eigenvalue weighted by atomic mass is 9.89. The molecule has 0 bridgehead atoms. The quantitative estimate of drug-likeness (QED) is 0.696. The molecule has 0 heterocycles. The zero-order valence-corrected chi connectivity index (χ0v) is 11.9. The fraction of sp³-hybridized carbons (Fsp3) is 0.562. The van der Waals surface area contributed by atoms with E-state index < -0.39 is 0 Å². The molecule has 0 aliphatic carbocycles. The molecule has 1 aromatic carbocycles. The standard InChI is InChI=1S/C16H23NO/c1-13-7-8-14(2)15(11-13)18-10-6-5-9-16(3,4)12-17/h7-8,11H,5-6,9-10H2,1-4H3. The molecule has 0 saturated heterocycles. The Morgan fingerprint density at radius 2 is 1.94 bits per heavy atom. The zero-order valence-electron chi connectivity index (χ0n) is 11.9. The lowest BCUT2D eigenvalue weighted by molar-refractivity contribution is 0.293. The van der Waals surface area contributed by atoms with Crippen LogP contribution in [0.25, 0.3) is 0 Å². The minimum Gasteiger partial charge on any atom is -0.493 e. The lowest BCUT2D eigenvalue weighted by Gasteiger charge is -2.15. The second kappa shape index (κ2) is 6.44. The van der Waals surface area contributed by atoms with Crippen LogP contribution in [-0.2, 0) is 0 Å². The minimum absolute atomic E-state index is 0.209. The summed E-state index contributed by atoms with van der Waals surface area (Å²) in [5.74, 6) is 0.981. The molecule has 0 aliphatic heterocycles. The number of aryl methyl sites for hydroxylation is 2. The van der Waals surface area contributed by atoms with Crippen LogP contribution in [0.5, 0.6) is 5.75 Å². The molecule has 0 spiro atoms. The highest BCUT2D eigenvalue weighted by atomic mass is 16.5. The van der Waals surface area contributed by atoms with Gasteiger partial charge in [0.1, 0.15) is 5.75 Å². The van der Waals surface area contributed by atoms with Crippen LogP contribution < -0.4 is 4.74 Å². The van der Waals surface area contributed by atoms with Gasteiger partial charge in [-0.1, -0.05) is 12.1 Å². The first-order valence-corrected chi connectivity index (χ1v) is 6.56. The molecule has 98 valence electrons. The third kappa shape index (κ3) is 4.79. The Bertz CT molecular complexity index is 429. The normalized spacial score (nSPS) is 11.1. The highest BCUT2D eigenvalue weighted by molar-refractivity contribution is 5.35. The average Bonchev–Trinajstić information content (AvgIpc) is 2.33. The van der Waals surface area contributed by atoms with Crippen LogP contribution in [0.15, 0.2) is 18.2 Å². The molecule has 0 fully saturated rings. The molecule has 0 aromatic heterocycles. The van der Waals surface area contributed by atoms with E-state index in [0.29, 0.717) is 0 Å². The van der Waals surface area contributed by atoms with Gasteiger partial charge >= 0.3 is 0 Å². The van der Waals surface area contributed by atoms with E-state index in [0.717, 1.165) is 31.6 Å². The summed E-state index contributed by atoms with van der Waals surface area (Å²) in [5, 5.41) is 8.91. The van der Waals surface area contributed by atoms with Crippen LogP contribution in [0.1, 0.15) is 44.2 Å². The predicted octanol–water partition coefficient (Wildman–Crippen LogP) is 4.40. The molecule has 0 unspecified atom stereocenters. The van der Waals surface area contributed by atoms with Crippen molar-refractivity contribution in [1.82, 2.24) is 0 Å². The van der Waals surface area contributed by atoms with Gasteiger partial charge in [0.05, 0.1) is 18.1 Å². The van der Waals surface area contributed by atoms with Crippen molar-refractivity contribution in [2.75, 3.05) is 6.61 Å². The lowest BCUT2D eigenvalue weighted by Crippen LogP contribution is -2.08. The Morgan fingerprint density at radius 3 is 2.61 bits per heavy atom. The third-order valence-electron chi connectivity index (χ3n) is 3.10. The van der Waals surface area contributed by atoms with Gasteiger partial charge in [-0.05, 0) is 64.2 Å². The van der Waals surface area contributed by atoms with Crippen molar-refractivity contribution in [1.29, 1.82) is 5.26 Å². The molecular weight excluding hydrogens is 222 g/mol. The third-order valence-corrected chi connectivity index (χ3v) is 3.10. The van der Waals surface area contributed by atoms with Crippen molar-refractivity contribution in [2.45, 2.75) is 47.0 Å². The molecule has 0 atom stereocenters. The van der Waals surface area contributed by atoms with Crippen molar-refractivity contribution >= 4 is 0 Å². The van der Waals surface area contributed by atoms with Crippen molar-refractivity contribution in [3.8, 4) is 11.8 Å². The van der Waals surface area contributed by atoms with Gasteiger partial charge in [-0.15, -0.1) is 0 Å². The van der Waals surface area contributed by atoms with Crippen molar-refractivity contribution in [2.24, 2.45) is 5.41 Å².